The molecule has 5 heteroatoms. The molecule has 0 amide bonds. The number of halogens is 3. The number of nitrogens with one attached hydrogen (secondary N) is 1. The summed E-state index contributed by atoms with van der Waals surface area (Å²) in [7, 11) is 1.90. The van der Waals surface area contributed by atoms with Crippen LogP contribution in [0.2, 0.25) is 0 Å². The lowest BCUT2D eigenvalue weighted by Crippen LogP contribution is -2.62. The summed E-state index contributed by atoms with van der Waals surface area (Å²) in [5.74, 6) is 0. The second-order valence-corrected chi connectivity index (χ2v) is 4.74. The third kappa shape index (κ3) is 3.13. The van der Waals surface area contributed by atoms with Crippen LogP contribution in [0.5, 0.6) is 0 Å². The molecule has 0 saturated heterocycles. The molecule has 2 atom stereocenters. The maximum absolute atomic E-state index is 12.0. The van der Waals surface area contributed by atoms with Crippen molar-refractivity contribution in [2.24, 2.45) is 5.41 Å². The Balaban J connectivity index is 2.45. The predicted molar refractivity (Wildman–Crippen MR) is 60.9 cm³/mol. The van der Waals surface area contributed by atoms with Gasteiger partial charge in [0.1, 0.15) is 0 Å². The van der Waals surface area contributed by atoms with Crippen molar-refractivity contribution in [3.05, 3.63) is 0 Å². The lowest BCUT2D eigenvalue weighted by atomic mass is 9.58. The van der Waals surface area contributed by atoms with Gasteiger partial charge in [0, 0.05) is 11.5 Å². The fraction of sp³-hybridized carbons (Fsp3) is 1.00. The van der Waals surface area contributed by atoms with Crippen LogP contribution in [-0.4, -0.2) is 32.0 Å². The molecule has 1 aliphatic carbocycles. The Morgan fingerprint density at radius 2 is 1.88 bits per heavy atom. The Bertz CT molecular complexity index is 238. The third-order valence-electron chi connectivity index (χ3n) is 4.15. The third-order valence-corrected chi connectivity index (χ3v) is 4.15. The van der Waals surface area contributed by atoms with E-state index in [-0.39, 0.29) is 18.1 Å². The van der Waals surface area contributed by atoms with Crippen LogP contribution in [0.25, 0.3) is 0 Å². The van der Waals surface area contributed by atoms with Gasteiger partial charge in [0.2, 0.25) is 0 Å². The van der Waals surface area contributed by atoms with Crippen molar-refractivity contribution in [1.29, 1.82) is 0 Å². The molecule has 0 bridgehead atoms. The summed E-state index contributed by atoms with van der Waals surface area (Å²) in [6.45, 7) is 3.94. The molecule has 1 rings (SSSR count). The number of hydrogen-bond acceptors (Lipinski definition) is 2. The molecule has 0 heterocycles. The van der Waals surface area contributed by atoms with Crippen molar-refractivity contribution >= 4 is 0 Å². The molecule has 0 aromatic heterocycles. The molecule has 0 aromatic carbocycles. The van der Waals surface area contributed by atoms with Gasteiger partial charge >= 0.3 is 6.18 Å². The SMILES string of the molecule is CCC1(CC)C(NC)CC1OCCC(F)(F)F. The topological polar surface area (TPSA) is 21.3 Å². The molecular formula is C12H22F3NO. The van der Waals surface area contributed by atoms with Crippen molar-refractivity contribution in [2.45, 2.75) is 57.9 Å². The molecular weight excluding hydrogens is 231 g/mol. The van der Waals surface area contributed by atoms with Crippen LogP contribution in [0.1, 0.15) is 39.5 Å². The molecule has 1 saturated carbocycles. The molecule has 1 N–H and O–H groups in total. The van der Waals surface area contributed by atoms with Crippen LogP contribution in [-0.2, 0) is 4.74 Å². The van der Waals surface area contributed by atoms with E-state index in [9.17, 15) is 13.2 Å². The lowest BCUT2D eigenvalue weighted by Gasteiger charge is -2.55. The molecule has 0 radical (unpaired) electrons. The number of alkyl halides is 3. The number of ether oxygens (including phenoxy) is 1. The fourth-order valence-corrected chi connectivity index (χ4v) is 2.90. The molecule has 17 heavy (non-hydrogen) atoms. The highest BCUT2D eigenvalue weighted by Crippen LogP contribution is 2.48. The first-order chi connectivity index (χ1) is 7.89. The van der Waals surface area contributed by atoms with Crippen molar-refractivity contribution in [3.8, 4) is 0 Å². The van der Waals surface area contributed by atoms with E-state index in [1.54, 1.807) is 0 Å². The average molecular weight is 253 g/mol. The highest BCUT2D eigenvalue weighted by atomic mass is 19.4. The van der Waals surface area contributed by atoms with Gasteiger partial charge in [0.25, 0.3) is 0 Å². The summed E-state index contributed by atoms with van der Waals surface area (Å²) in [4.78, 5) is 0. The van der Waals surface area contributed by atoms with Crippen molar-refractivity contribution in [2.75, 3.05) is 13.7 Å². The molecule has 2 nitrogen and oxygen atoms in total. The van der Waals surface area contributed by atoms with E-state index in [1.807, 2.05) is 7.05 Å². The van der Waals surface area contributed by atoms with Gasteiger partial charge in [0.15, 0.2) is 0 Å². The van der Waals surface area contributed by atoms with Gasteiger partial charge in [-0.1, -0.05) is 13.8 Å². The normalized spacial score (nSPS) is 27.9. The Hall–Kier alpha value is -0.290. The highest BCUT2D eigenvalue weighted by Gasteiger charge is 2.52. The van der Waals surface area contributed by atoms with Gasteiger partial charge in [-0.15, -0.1) is 0 Å². The van der Waals surface area contributed by atoms with Crippen molar-refractivity contribution in [1.82, 2.24) is 5.32 Å². The smallest absolute Gasteiger partial charge is 0.377 e. The molecule has 0 spiro atoms. The summed E-state index contributed by atoms with van der Waals surface area (Å²) in [6, 6.07) is 0.369. The minimum absolute atomic E-state index is 0.0142. The van der Waals surface area contributed by atoms with Crippen molar-refractivity contribution < 1.29 is 17.9 Å². The Morgan fingerprint density at radius 3 is 2.29 bits per heavy atom. The zero-order valence-electron chi connectivity index (χ0n) is 10.7. The average Bonchev–Trinajstić information content (AvgIpc) is 2.23. The molecule has 102 valence electrons. The second kappa shape index (κ2) is 5.57. The van der Waals surface area contributed by atoms with Gasteiger partial charge in [-0.3, -0.25) is 0 Å². The Labute approximate surface area is 101 Å². The van der Waals surface area contributed by atoms with Crippen LogP contribution >= 0.6 is 0 Å². The highest BCUT2D eigenvalue weighted by molar-refractivity contribution is 5.06. The first kappa shape index (κ1) is 14.8. The van der Waals surface area contributed by atoms with Gasteiger partial charge in [-0.2, -0.15) is 13.2 Å². The number of hydrogen-bond donors (Lipinski definition) is 1. The minimum atomic E-state index is -4.12. The maximum Gasteiger partial charge on any atom is 0.391 e. The van der Waals surface area contributed by atoms with E-state index in [0.717, 1.165) is 19.3 Å². The van der Waals surface area contributed by atoms with E-state index in [0.29, 0.717) is 6.04 Å². The van der Waals surface area contributed by atoms with E-state index >= 15 is 0 Å². The lowest BCUT2D eigenvalue weighted by molar-refractivity contribution is -0.178. The summed E-state index contributed by atoms with van der Waals surface area (Å²) < 4.78 is 41.5. The first-order valence-electron chi connectivity index (χ1n) is 6.25. The monoisotopic (exact) mass is 253 g/mol. The fourth-order valence-electron chi connectivity index (χ4n) is 2.90. The first-order valence-corrected chi connectivity index (χ1v) is 6.25. The molecule has 1 fully saturated rings. The van der Waals surface area contributed by atoms with E-state index in [2.05, 4.69) is 19.2 Å². The van der Waals surface area contributed by atoms with Gasteiger partial charge < -0.3 is 10.1 Å². The van der Waals surface area contributed by atoms with E-state index in [4.69, 9.17) is 4.74 Å². The van der Waals surface area contributed by atoms with Gasteiger partial charge in [-0.25, -0.2) is 0 Å². The summed E-state index contributed by atoms with van der Waals surface area (Å²) in [5.41, 5.74) is 0.0142. The largest absolute Gasteiger partial charge is 0.391 e. The van der Waals surface area contributed by atoms with Crippen LogP contribution in [0.4, 0.5) is 13.2 Å². The molecule has 0 aliphatic heterocycles. The molecule has 2 unspecified atom stereocenters. The maximum atomic E-state index is 12.0. The van der Waals surface area contributed by atoms with Crippen LogP contribution in [0.15, 0.2) is 0 Å². The van der Waals surface area contributed by atoms with Crippen LogP contribution in [0.3, 0.4) is 0 Å². The molecule has 0 aromatic rings. The van der Waals surface area contributed by atoms with Crippen LogP contribution < -0.4 is 5.32 Å². The van der Waals surface area contributed by atoms with E-state index < -0.39 is 12.6 Å². The minimum Gasteiger partial charge on any atom is -0.377 e. The molecule has 1 aliphatic rings. The van der Waals surface area contributed by atoms with Gasteiger partial charge in [0.05, 0.1) is 19.1 Å². The quantitative estimate of drug-likeness (QED) is 0.785. The summed E-state index contributed by atoms with van der Waals surface area (Å²) >= 11 is 0. The van der Waals surface area contributed by atoms with Crippen molar-refractivity contribution in [3.63, 3.8) is 0 Å². The second-order valence-electron chi connectivity index (χ2n) is 4.74. The summed E-state index contributed by atoms with van der Waals surface area (Å²) in [6.07, 6.45) is -2.31. The summed E-state index contributed by atoms with van der Waals surface area (Å²) in [5, 5.41) is 3.23. The zero-order chi connectivity index (χ0) is 13.1. The van der Waals surface area contributed by atoms with E-state index in [1.165, 1.54) is 0 Å². The zero-order valence-corrected chi connectivity index (χ0v) is 10.7. The Morgan fingerprint density at radius 1 is 1.29 bits per heavy atom. The predicted octanol–water partition coefficient (Wildman–Crippen LogP) is 3.12. The van der Waals surface area contributed by atoms with Gasteiger partial charge in [-0.05, 0) is 26.3 Å². The number of rotatable bonds is 6. The standard InChI is InChI=1S/C12H22F3NO/c1-4-11(5-2)9(16-3)8-10(11)17-7-6-12(13,14)15/h9-10,16H,4-8H2,1-3H3. The van der Waals surface area contributed by atoms with Crippen LogP contribution in [0, 0.1) is 5.41 Å². The Kier molecular flexibility index (Phi) is 4.84.